The zero-order valence-electron chi connectivity index (χ0n) is 11.1. The summed E-state index contributed by atoms with van der Waals surface area (Å²) in [5, 5.41) is 3.42. The number of halogens is 3. The Labute approximate surface area is 135 Å². The third-order valence-electron chi connectivity index (χ3n) is 3.10. The molecule has 1 aromatic rings. The van der Waals surface area contributed by atoms with Crippen molar-refractivity contribution >= 4 is 42.4 Å². The molecule has 1 saturated heterocycles. The molecule has 1 aliphatic heterocycles. The fourth-order valence-corrected chi connectivity index (χ4v) is 2.36. The van der Waals surface area contributed by atoms with Crippen LogP contribution in [0.1, 0.15) is 29.0 Å². The Kier molecular flexibility index (Phi) is 9.05. The van der Waals surface area contributed by atoms with Crippen molar-refractivity contribution in [2.75, 3.05) is 20.2 Å². The third kappa shape index (κ3) is 5.40. The zero-order chi connectivity index (χ0) is 13.0. The van der Waals surface area contributed by atoms with Crippen LogP contribution in [-0.2, 0) is 11.2 Å². The number of rotatable bonds is 3. The van der Waals surface area contributed by atoms with Crippen LogP contribution in [0.2, 0.25) is 5.28 Å². The minimum absolute atomic E-state index is 0. The minimum Gasteiger partial charge on any atom is -0.464 e. The molecule has 1 N–H and O–H groups in total. The van der Waals surface area contributed by atoms with Gasteiger partial charge in [0.25, 0.3) is 0 Å². The lowest BCUT2D eigenvalue weighted by Gasteiger charge is -2.22. The maximum Gasteiger partial charge on any atom is 0.356 e. The van der Waals surface area contributed by atoms with Gasteiger partial charge in [-0.05, 0) is 55.9 Å². The average Bonchev–Trinajstić information content (AvgIpc) is 2.38. The molecule has 1 aliphatic rings. The van der Waals surface area contributed by atoms with Crippen LogP contribution in [0.3, 0.4) is 0 Å². The third-order valence-corrected chi connectivity index (χ3v) is 3.27. The first-order valence-electron chi connectivity index (χ1n) is 6.01. The second kappa shape index (κ2) is 9.34. The van der Waals surface area contributed by atoms with Gasteiger partial charge >= 0.3 is 5.97 Å². The number of hydrogen-bond donors (Lipinski definition) is 1. The normalized spacial score (nSPS) is 14.9. The molecule has 2 heterocycles. The SMILES string of the molecule is COC(=O)c1cc(CC2CCNCC2)nc(Cl)n1.Cl.Cl. The highest BCUT2D eigenvalue weighted by Gasteiger charge is 2.17. The van der Waals surface area contributed by atoms with E-state index >= 15 is 0 Å². The monoisotopic (exact) mass is 341 g/mol. The van der Waals surface area contributed by atoms with Crippen LogP contribution in [0.5, 0.6) is 0 Å². The predicted molar refractivity (Wildman–Crippen MR) is 82.2 cm³/mol. The van der Waals surface area contributed by atoms with Gasteiger partial charge in [-0.1, -0.05) is 0 Å². The van der Waals surface area contributed by atoms with Gasteiger partial charge in [-0.2, -0.15) is 0 Å². The van der Waals surface area contributed by atoms with Crippen molar-refractivity contribution in [3.8, 4) is 0 Å². The van der Waals surface area contributed by atoms with Crippen molar-refractivity contribution in [1.82, 2.24) is 15.3 Å². The molecule has 0 aliphatic carbocycles. The lowest BCUT2D eigenvalue weighted by atomic mass is 9.93. The standard InChI is InChI=1S/C12H16ClN3O2.2ClH/c1-18-11(17)10-7-9(15-12(13)16-10)6-8-2-4-14-5-3-8;;/h7-8,14H,2-6H2,1H3;2*1H. The summed E-state index contributed by atoms with van der Waals surface area (Å²) in [6.45, 7) is 2.07. The van der Waals surface area contributed by atoms with Gasteiger partial charge in [0.15, 0.2) is 5.69 Å². The molecule has 0 saturated carbocycles. The molecule has 114 valence electrons. The summed E-state index contributed by atoms with van der Waals surface area (Å²) < 4.78 is 4.64. The maximum absolute atomic E-state index is 11.4. The summed E-state index contributed by atoms with van der Waals surface area (Å²) in [6.07, 6.45) is 3.07. The summed E-state index contributed by atoms with van der Waals surface area (Å²) in [5.41, 5.74) is 1.03. The largest absolute Gasteiger partial charge is 0.464 e. The fraction of sp³-hybridized carbons (Fsp3) is 0.583. The molecule has 0 aromatic carbocycles. The van der Waals surface area contributed by atoms with E-state index in [1.54, 1.807) is 6.07 Å². The zero-order valence-corrected chi connectivity index (χ0v) is 13.5. The molecular weight excluding hydrogens is 325 g/mol. The van der Waals surface area contributed by atoms with E-state index in [0.717, 1.165) is 38.0 Å². The van der Waals surface area contributed by atoms with Gasteiger partial charge in [0, 0.05) is 5.69 Å². The molecule has 5 nitrogen and oxygen atoms in total. The number of aromatic nitrogens is 2. The van der Waals surface area contributed by atoms with Crippen LogP contribution < -0.4 is 5.32 Å². The molecular formula is C12H18Cl3N3O2. The molecule has 2 rings (SSSR count). The second-order valence-electron chi connectivity index (χ2n) is 4.40. The second-order valence-corrected chi connectivity index (χ2v) is 4.74. The molecule has 1 fully saturated rings. The fourth-order valence-electron chi connectivity index (χ4n) is 2.16. The van der Waals surface area contributed by atoms with Gasteiger partial charge in [-0.25, -0.2) is 14.8 Å². The van der Waals surface area contributed by atoms with E-state index in [0.29, 0.717) is 5.92 Å². The number of methoxy groups -OCH3 is 1. The summed E-state index contributed by atoms with van der Waals surface area (Å²) in [5.74, 6) is 0.105. The van der Waals surface area contributed by atoms with E-state index in [1.807, 2.05) is 0 Å². The minimum atomic E-state index is -0.481. The van der Waals surface area contributed by atoms with Crippen molar-refractivity contribution in [3.63, 3.8) is 0 Å². The molecule has 8 heteroatoms. The van der Waals surface area contributed by atoms with Gasteiger partial charge in [0.1, 0.15) is 0 Å². The van der Waals surface area contributed by atoms with E-state index in [1.165, 1.54) is 7.11 Å². The lowest BCUT2D eigenvalue weighted by molar-refractivity contribution is 0.0593. The van der Waals surface area contributed by atoms with Crippen LogP contribution in [0.15, 0.2) is 6.07 Å². The number of nitrogens with zero attached hydrogens (tertiary/aromatic N) is 2. The number of esters is 1. The molecule has 0 radical (unpaired) electrons. The Hall–Kier alpha value is -0.620. The van der Waals surface area contributed by atoms with Gasteiger partial charge in [0.2, 0.25) is 5.28 Å². The smallest absolute Gasteiger partial charge is 0.356 e. The number of ether oxygens (including phenoxy) is 1. The molecule has 0 atom stereocenters. The van der Waals surface area contributed by atoms with Gasteiger partial charge in [0.05, 0.1) is 7.11 Å². The topological polar surface area (TPSA) is 64.1 Å². The van der Waals surface area contributed by atoms with E-state index in [4.69, 9.17) is 11.6 Å². The molecule has 0 bridgehead atoms. The average molecular weight is 343 g/mol. The maximum atomic E-state index is 11.4. The van der Waals surface area contributed by atoms with Crippen LogP contribution in [0.25, 0.3) is 0 Å². The summed E-state index contributed by atoms with van der Waals surface area (Å²) in [4.78, 5) is 19.5. The quantitative estimate of drug-likeness (QED) is 0.674. The van der Waals surface area contributed by atoms with Gasteiger partial charge in [-0.15, -0.1) is 24.8 Å². The van der Waals surface area contributed by atoms with Crippen LogP contribution in [-0.4, -0.2) is 36.1 Å². The molecule has 20 heavy (non-hydrogen) atoms. The number of carbonyl (C=O) groups excluding carboxylic acids is 1. The Morgan fingerprint density at radius 2 is 2.05 bits per heavy atom. The number of nitrogens with one attached hydrogen (secondary N) is 1. The number of hydrogen-bond acceptors (Lipinski definition) is 5. The van der Waals surface area contributed by atoms with Crippen LogP contribution in [0.4, 0.5) is 0 Å². The highest BCUT2D eigenvalue weighted by molar-refractivity contribution is 6.28. The molecule has 0 unspecified atom stereocenters. The van der Waals surface area contributed by atoms with Gasteiger partial charge < -0.3 is 10.1 Å². The first-order valence-corrected chi connectivity index (χ1v) is 6.39. The van der Waals surface area contributed by atoms with Crippen molar-refractivity contribution < 1.29 is 9.53 Å². The van der Waals surface area contributed by atoms with Crippen LogP contribution in [0, 0.1) is 5.92 Å². The summed E-state index contributed by atoms with van der Waals surface area (Å²) in [7, 11) is 1.32. The van der Waals surface area contributed by atoms with Crippen LogP contribution >= 0.6 is 36.4 Å². The summed E-state index contributed by atoms with van der Waals surface area (Å²) >= 11 is 5.83. The highest BCUT2D eigenvalue weighted by atomic mass is 35.5. The Balaban J connectivity index is 0.00000180. The molecule has 0 spiro atoms. The van der Waals surface area contributed by atoms with E-state index in [-0.39, 0.29) is 35.8 Å². The van der Waals surface area contributed by atoms with E-state index in [2.05, 4.69) is 20.0 Å². The van der Waals surface area contributed by atoms with Crippen molar-refractivity contribution in [2.24, 2.45) is 5.92 Å². The Morgan fingerprint density at radius 3 is 2.65 bits per heavy atom. The first kappa shape index (κ1) is 19.4. The Bertz CT molecular complexity index is 440. The number of carbonyl (C=O) groups is 1. The molecule has 0 amide bonds. The number of piperidine rings is 1. The van der Waals surface area contributed by atoms with E-state index in [9.17, 15) is 4.79 Å². The van der Waals surface area contributed by atoms with Gasteiger partial charge in [-0.3, -0.25) is 0 Å². The van der Waals surface area contributed by atoms with Crippen molar-refractivity contribution in [2.45, 2.75) is 19.3 Å². The summed E-state index contributed by atoms with van der Waals surface area (Å²) in [6, 6.07) is 1.67. The highest BCUT2D eigenvalue weighted by Crippen LogP contribution is 2.18. The van der Waals surface area contributed by atoms with Crippen molar-refractivity contribution in [1.29, 1.82) is 0 Å². The lowest BCUT2D eigenvalue weighted by Crippen LogP contribution is -2.28. The first-order chi connectivity index (χ1) is 8.69. The van der Waals surface area contributed by atoms with Crippen molar-refractivity contribution in [3.05, 3.63) is 22.7 Å². The Morgan fingerprint density at radius 1 is 1.40 bits per heavy atom. The predicted octanol–water partition coefficient (Wildman–Crippen LogP) is 2.30. The molecule has 1 aromatic heterocycles. The van der Waals surface area contributed by atoms with E-state index < -0.39 is 5.97 Å².